The van der Waals surface area contributed by atoms with Gasteiger partial charge in [-0.2, -0.15) is 13.2 Å². The van der Waals surface area contributed by atoms with Gasteiger partial charge < -0.3 is 25.1 Å². The molecule has 3 N–H and O–H groups in total. The first-order chi connectivity index (χ1) is 7.18. The minimum absolute atomic E-state index is 0.294. The number of hydrogen-bond acceptors (Lipinski definition) is 5. The van der Waals surface area contributed by atoms with Crippen LogP contribution in [0.25, 0.3) is 0 Å². The molecule has 16 heavy (non-hydrogen) atoms. The van der Waals surface area contributed by atoms with E-state index in [2.05, 4.69) is 10.5 Å². The maximum absolute atomic E-state index is 10.6. The van der Waals surface area contributed by atoms with Gasteiger partial charge in [0, 0.05) is 0 Å². The van der Waals surface area contributed by atoms with Crippen molar-refractivity contribution in [3.05, 3.63) is 0 Å². The summed E-state index contributed by atoms with van der Waals surface area (Å²) in [4.78, 5) is 19.4. The van der Waals surface area contributed by atoms with Crippen LogP contribution in [0.4, 0.5) is 13.2 Å². The lowest BCUT2D eigenvalue weighted by molar-refractivity contribution is -0.381. The van der Waals surface area contributed by atoms with Crippen molar-refractivity contribution in [2.45, 2.75) is 25.5 Å². The van der Waals surface area contributed by atoms with Crippen LogP contribution in [0, 0.1) is 0 Å². The molecule has 0 bridgehead atoms. The Labute approximate surface area is 88.1 Å². The van der Waals surface area contributed by atoms with Crippen molar-refractivity contribution in [2.24, 2.45) is 0 Å². The van der Waals surface area contributed by atoms with Crippen molar-refractivity contribution in [2.75, 3.05) is 6.54 Å². The zero-order valence-corrected chi connectivity index (χ0v) is 8.24. The summed E-state index contributed by atoms with van der Waals surface area (Å²) in [6.45, 7) is 2.14. The van der Waals surface area contributed by atoms with Crippen LogP contribution in [0.5, 0.6) is 0 Å². The zero-order chi connectivity index (χ0) is 12.9. The number of ether oxygens (including phenoxy) is 2. The fraction of sp³-hybridized carbons (Fsp3) is 0.714. The van der Waals surface area contributed by atoms with Crippen molar-refractivity contribution in [3.8, 4) is 0 Å². The minimum Gasteiger partial charge on any atom is -0.542 e. The first-order valence-electron chi connectivity index (χ1n) is 4.11. The Morgan fingerprint density at radius 1 is 1.56 bits per heavy atom. The summed E-state index contributed by atoms with van der Waals surface area (Å²) in [6, 6.07) is 0. The summed E-state index contributed by atoms with van der Waals surface area (Å²) < 4.78 is 41.2. The van der Waals surface area contributed by atoms with Gasteiger partial charge in [-0.15, -0.1) is 0 Å². The molecule has 0 amide bonds. The largest absolute Gasteiger partial charge is 0.542 e. The van der Waals surface area contributed by atoms with Gasteiger partial charge in [-0.25, -0.2) is 4.79 Å². The Morgan fingerprint density at radius 2 is 2.00 bits per heavy atom. The highest BCUT2D eigenvalue weighted by Crippen LogP contribution is 2.11. The molecule has 1 heterocycles. The maximum Gasteiger partial charge on any atom is 0.430 e. The Balaban J connectivity index is 0.000000293. The Kier molecular flexibility index (Phi) is 5.18. The average molecular weight is 245 g/mol. The molecule has 0 spiro atoms. The van der Waals surface area contributed by atoms with Crippen LogP contribution in [0.15, 0.2) is 0 Å². The first kappa shape index (κ1) is 14.6. The van der Waals surface area contributed by atoms with E-state index in [0.717, 1.165) is 0 Å². The van der Waals surface area contributed by atoms with Crippen LogP contribution in [0.1, 0.15) is 6.92 Å². The van der Waals surface area contributed by atoms with Gasteiger partial charge in [0.05, 0.1) is 0 Å². The first-order valence-corrected chi connectivity index (χ1v) is 4.11. The van der Waals surface area contributed by atoms with Crippen LogP contribution in [0.3, 0.4) is 0 Å². The summed E-state index contributed by atoms with van der Waals surface area (Å²) in [5.41, 5.74) is 3.53. The Morgan fingerprint density at radius 3 is 2.12 bits per heavy atom. The molecule has 0 aromatic heterocycles. The molecule has 1 saturated heterocycles. The normalized spacial score (nSPS) is 24.4. The van der Waals surface area contributed by atoms with Crippen LogP contribution in [0.2, 0.25) is 0 Å². The summed E-state index contributed by atoms with van der Waals surface area (Å²) in [5, 5.41) is 8.78. The van der Waals surface area contributed by atoms with Gasteiger partial charge in [-0.05, 0) is 6.92 Å². The second-order valence-electron chi connectivity index (χ2n) is 2.70. The van der Waals surface area contributed by atoms with Crippen LogP contribution < -0.4 is 10.8 Å². The number of cyclic esters (lactones) is 1. The van der Waals surface area contributed by atoms with Crippen LogP contribution in [-0.4, -0.2) is 37.1 Å². The van der Waals surface area contributed by atoms with Crippen LogP contribution in [-0.2, 0) is 19.1 Å². The van der Waals surface area contributed by atoms with E-state index in [-0.39, 0.29) is 12.3 Å². The average Bonchev–Trinajstić information content (AvgIpc) is 2.44. The molecule has 1 fully saturated rings. The van der Waals surface area contributed by atoms with Gasteiger partial charge in [-0.3, -0.25) is 0 Å². The highest BCUT2D eigenvalue weighted by molar-refractivity contribution is 5.76. The molecule has 0 radical (unpaired) electrons. The van der Waals surface area contributed by atoms with Crippen molar-refractivity contribution >= 4 is 11.9 Å². The van der Waals surface area contributed by atoms with Crippen molar-refractivity contribution < 1.29 is 43.1 Å². The molecule has 0 saturated carbocycles. The molecule has 0 aromatic carbocycles. The summed E-state index contributed by atoms with van der Waals surface area (Å²) in [7, 11) is 0. The molecular formula is C7H10F3NO5. The predicted octanol–water partition coefficient (Wildman–Crippen LogP) is -2.19. The quantitative estimate of drug-likeness (QED) is 0.529. The van der Waals surface area contributed by atoms with E-state index < -0.39 is 18.2 Å². The molecular weight excluding hydrogens is 235 g/mol. The molecule has 0 unspecified atom stereocenters. The second kappa shape index (κ2) is 5.66. The SMILES string of the molecule is C[C@@H]1OC(=O)[C@H](C[NH3+])O1.O=C([O-])C(F)(F)F. The number of quaternary nitrogens is 1. The number of esters is 1. The van der Waals surface area contributed by atoms with Gasteiger partial charge in [0.15, 0.2) is 0 Å². The number of carbonyl (C=O) groups excluding carboxylic acids is 2. The summed E-state index contributed by atoms with van der Waals surface area (Å²) >= 11 is 0. The third-order valence-corrected chi connectivity index (χ3v) is 1.39. The number of hydrogen-bond donors (Lipinski definition) is 1. The Bertz CT molecular complexity index is 267. The molecule has 2 atom stereocenters. The third-order valence-electron chi connectivity index (χ3n) is 1.39. The smallest absolute Gasteiger partial charge is 0.430 e. The van der Waals surface area contributed by atoms with Gasteiger partial charge in [0.25, 0.3) is 0 Å². The molecule has 94 valence electrons. The molecule has 6 nitrogen and oxygen atoms in total. The maximum atomic E-state index is 10.6. The number of carboxylic acids is 1. The Hall–Kier alpha value is -1.35. The molecule has 1 rings (SSSR count). The number of halogens is 3. The van der Waals surface area contributed by atoms with E-state index in [1.54, 1.807) is 6.92 Å². The number of rotatable bonds is 1. The fourth-order valence-corrected chi connectivity index (χ4v) is 0.740. The number of alkyl halides is 3. The van der Waals surface area contributed by atoms with E-state index in [1.165, 1.54) is 0 Å². The minimum atomic E-state index is -5.19. The lowest BCUT2D eigenvalue weighted by atomic mass is 10.4. The van der Waals surface area contributed by atoms with Gasteiger partial charge in [-0.1, -0.05) is 0 Å². The van der Waals surface area contributed by atoms with Crippen LogP contribution >= 0.6 is 0 Å². The van der Waals surface area contributed by atoms with Gasteiger partial charge >= 0.3 is 12.1 Å². The summed E-state index contributed by atoms with van der Waals surface area (Å²) in [6.07, 6.45) is -6.01. The third kappa shape index (κ3) is 4.94. The lowest BCUT2D eigenvalue weighted by Crippen LogP contribution is -2.57. The van der Waals surface area contributed by atoms with E-state index >= 15 is 0 Å². The van der Waals surface area contributed by atoms with E-state index in [4.69, 9.17) is 14.6 Å². The molecule has 1 aliphatic heterocycles. The molecule has 0 aromatic rings. The van der Waals surface area contributed by atoms with Gasteiger partial charge in [0.2, 0.25) is 12.4 Å². The topological polar surface area (TPSA) is 103 Å². The fourth-order valence-electron chi connectivity index (χ4n) is 0.740. The second-order valence-corrected chi connectivity index (χ2v) is 2.70. The van der Waals surface area contributed by atoms with Crippen molar-refractivity contribution in [1.82, 2.24) is 0 Å². The number of aliphatic carboxylic acids is 1. The number of carboxylic acid groups (broad SMARTS) is 1. The molecule has 0 aliphatic carbocycles. The highest BCUT2D eigenvalue weighted by atomic mass is 19.4. The van der Waals surface area contributed by atoms with Crippen molar-refractivity contribution in [3.63, 3.8) is 0 Å². The van der Waals surface area contributed by atoms with E-state index in [1.807, 2.05) is 0 Å². The zero-order valence-electron chi connectivity index (χ0n) is 8.24. The standard InChI is InChI=1S/C5H9NO3.C2HF3O2/c1-3-8-4(2-6)5(7)9-3;3-2(4,5)1(6)7/h3-4H,2,6H2,1H3;(H,6,7)/t3-,4-;/m0./s1. The van der Waals surface area contributed by atoms with E-state index in [9.17, 15) is 18.0 Å². The monoisotopic (exact) mass is 245 g/mol. The number of carbonyl (C=O) groups is 2. The van der Waals surface area contributed by atoms with Crippen molar-refractivity contribution in [1.29, 1.82) is 0 Å². The molecule has 9 heteroatoms. The van der Waals surface area contributed by atoms with Gasteiger partial charge in [0.1, 0.15) is 12.5 Å². The lowest BCUT2D eigenvalue weighted by Gasteiger charge is -2.03. The highest BCUT2D eigenvalue weighted by Gasteiger charge is 2.32. The summed E-state index contributed by atoms with van der Waals surface area (Å²) in [5.74, 6) is -3.30. The predicted molar refractivity (Wildman–Crippen MR) is 39.2 cm³/mol. The molecule has 1 aliphatic rings. The van der Waals surface area contributed by atoms with E-state index in [0.29, 0.717) is 6.54 Å².